The molecule has 3 aromatic rings. The number of aromatic nitrogens is 2. The number of halogens is 2. The van der Waals surface area contributed by atoms with Crippen molar-refractivity contribution in [3.05, 3.63) is 83.4 Å². The summed E-state index contributed by atoms with van der Waals surface area (Å²) >= 11 is 0. The predicted octanol–water partition coefficient (Wildman–Crippen LogP) is 3.88. The molecule has 6 nitrogen and oxygen atoms in total. The number of hydrogen-bond acceptors (Lipinski definition) is 6. The van der Waals surface area contributed by atoms with E-state index in [1.165, 1.54) is 24.4 Å². The SMILES string of the molecule is Cc1cnc(C(C#N)=CN)c(-c2ccc(N3CCN(Cc4c(F)cccc4F)CC3)nc2)c1. The minimum atomic E-state index is -0.510. The van der Waals surface area contributed by atoms with E-state index >= 15 is 0 Å². The molecule has 8 heteroatoms. The smallest absolute Gasteiger partial charge is 0.130 e. The first-order valence-corrected chi connectivity index (χ1v) is 10.7. The van der Waals surface area contributed by atoms with Crippen molar-refractivity contribution in [2.75, 3.05) is 31.1 Å². The average molecular weight is 447 g/mol. The summed E-state index contributed by atoms with van der Waals surface area (Å²) in [6.45, 7) is 4.94. The zero-order valence-corrected chi connectivity index (χ0v) is 18.3. The second kappa shape index (κ2) is 9.76. The van der Waals surface area contributed by atoms with Gasteiger partial charge in [0, 0.05) is 68.0 Å². The molecule has 0 spiro atoms. The molecular weight excluding hydrogens is 422 g/mol. The Morgan fingerprint density at radius 2 is 1.82 bits per heavy atom. The van der Waals surface area contributed by atoms with Gasteiger partial charge in [0.25, 0.3) is 0 Å². The summed E-state index contributed by atoms with van der Waals surface area (Å²) in [6, 6.07) is 11.9. The minimum absolute atomic E-state index is 0.110. The van der Waals surface area contributed by atoms with Gasteiger partial charge >= 0.3 is 0 Å². The molecule has 0 saturated carbocycles. The number of hydrogen-bond donors (Lipinski definition) is 1. The van der Waals surface area contributed by atoms with Gasteiger partial charge in [-0.05, 0) is 42.8 Å². The lowest BCUT2D eigenvalue weighted by molar-refractivity contribution is 0.242. The van der Waals surface area contributed by atoms with E-state index in [-0.39, 0.29) is 12.1 Å². The van der Waals surface area contributed by atoms with Gasteiger partial charge in [-0.2, -0.15) is 5.26 Å². The number of benzene rings is 1. The Bertz CT molecular complexity index is 1190. The Morgan fingerprint density at radius 3 is 2.42 bits per heavy atom. The first-order valence-electron chi connectivity index (χ1n) is 10.7. The molecule has 1 fully saturated rings. The van der Waals surface area contributed by atoms with Gasteiger partial charge < -0.3 is 10.6 Å². The molecule has 3 heterocycles. The molecule has 1 saturated heterocycles. The van der Waals surface area contributed by atoms with Crippen LogP contribution >= 0.6 is 0 Å². The monoisotopic (exact) mass is 446 g/mol. The van der Waals surface area contributed by atoms with Crippen LogP contribution in [0.5, 0.6) is 0 Å². The van der Waals surface area contributed by atoms with E-state index in [4.69, 9.17) is 5.73 Å². The molecular formula is C25H24F2N6. The van der Waals surface area contributed by atoms with E-state index in [1.54, 1.807) is 12.4 Å². The number of nitriles is 1. The number of rotatable bonds is 5. The van der Waals surface area contributed by atoms with Gasteiger partial charge in [-0.25, -0.2) is 13.8 Å². The highest BCUT2D eigenvalue weighted by atomic mass is 19.1. The van der Waals surface area contributed by atoms with Crippen molar-refractivity contribution < 1.29 is 8.78 Å². The van der Waals surface area contributed by atoms with Crippen molar-refractivity contribution in [3.8, 4) is 17.2 Å². The van der Waals surface area contributed by atoms with Crippen molar-refractivity contribution in [1.29, 1.82) is 5.26 Å². The number of allylic oxidation sites excluding steroid dienone is 1. The quantitative estimate of drug-likeness (QED) is 0.599. The van der Waals surface area contributed by atoms with Gasteiger partial charge in [0.1, 0.15) is 23.5 Å². The van der Waals surface area contributed by atoms with Crippen LogP contribution < -0.4 is 10.6 Å². The van der Waals surface area contributed by atoms with Gasteiger partial charge in [-0.3, -0.25) is 9.88 Å². The third-order valence-electron chi connectivity index (χ3n) is 5.77. The van der Waals surface area contributed by atoms with Crippen LogP contribution in [0, 0.1) is 29.9 Å². The summed E-state index contributed by atoms with van der Waals surface area (Å²) in [5.41, 5.74) is 9.14. The van der Waals surface area contributed by atoms with Crippen molar-refractivity contribution in [2.45, 2.75) is 13.5 Å². The van der Waals surface area contributed by atoms with Crippen LogP contribution in [0.25, 0.3) is 16.7 Å². The molecule has 4 rings (SSSR count). The number of piperazine rings is 1. The Hall–Kier alpha value is -3.83. The maximum Gasteiger partial charge on any atom is 0.130 e. The minimum Gasteiger partial charge on any atom is -0.403 e. The van der Waals surface area contributed by atoms with Crippen molar-refractivity contribution in [3.63, 3.8) is 0 Å². The average Bonchev–Trinajstić information content (AvgIpc) is 2.84. The molecule has 0 amide bonds. The van der Waals surface area contributed by atoms with Crippen LogP contribution in [-0.2, 0) is 6.54 Å². The molecule has 1 aliphatic heterocycles. The Kier molecular flexibility index (Phi) is 6.61. The number of anilines is 1. The maximum atomic E-state index is 14.0. The zero-order valence-electron chi connectivity index (χ0n) is 18.3. The second-order valence-electron chi connectivity index (χ2n) is 7.97. The zero-order chi connectivity index (χ0) is 23.4. The van der Waals surface area contributed by atoms with Crippen LogP contribution in [0.4, 0.5) is 14.6 Å². The van der Waals surface area contributed by atoms with Gasteiger partial charge in [0.15, 0.2) is 0 Å². The molecule has 33 heavy (non-hydrogen) atoms. The molecule has 168 valence electrons. The fraction of sp³-hybridized carbons (Fsp3) is 0.240. The summed E-state index contributed by atoms with van der Waals surface area (Å²) in [6.07, 6.45) is 4.73. The van der Waals surface area contributed by atoms with E-state index in [1.807, 2.05) is 30.0 Å². The third-order valence-corrected chi connectivity index (χ3v) is 5.77. The largest absolute Gasteiger partial charge is 0.403 e. The van der Waals surface area contributed by atoms with Gasteiger partial charge in [-0.1, -0.05) is 6.07 Å². The summed E-state index contributed by atoms with van der Waals surface area (Å²) < 4.78 is 27.9. The van der Waals surface area contributed by atoms with E-state index in [0.717, 1.165) is 22.5 Å². The first kappa shape index (κ1) is 22.4. The molecule has 0 radical (unpaired) electrons. The summed E-state index contributed by atoms with van der Waals surface area (Å²) in [5.74, 6) is -0.194. The molecule has 0 bridgehead atoms. The van der Waals surface area contributed by atoms with Gasteiger partial charge in [-0.15, -0.1) is 0 Å². The van der Waals surface area contributed by atoms with E-state index in [2.05, 4.69) is 20.9 Å². The highest BCUT2D eigenvalue weighted by Crippen LogP contribution is 2.29. The summed E-state index contributed by atoms with van der Waals surface area (Å²) in [7, 11) is 0. The number of nitrogens with zero attached hydrogens (tertiary/aromatic N) is 5. The topological polar surface area (TPSA) is 82.1 Å². The van der Waals surface area contributed by atoms with Gasteiger partial charge in [0.05, 0.1) is 11.3 Å². The Balaban J connectivity index is 1.46. The van der Waals surface area contributed by atoms with E-state index < -0.39 is 11.6 Å². The van der Waals surface area contributed by atoms with Crippen molar-refractivity contribution in [2.24, 2.45) is 5.73 Å². The standard InChI is InChI=1S/C25H24F2N6/c1-17-11-20(25(31-14-17)19(12-28)13-29)18-5-6-24(30-15-18)33-9-7-32(8-10-33)16-21-22(26)3-2-4-23(21)27/h2-6,11-12,14-15H,7-10,16,28H2,1H3. The molecule has 1 aliphatic rings. The fourth-order valence-electron chi connectivity index (χ4n) is 3.95. The van der Waals surface area contributed by atoms with E-state index in [0.29, 0.717) is 37.4 Å². The van der Waals surface area contributed by atoms with E-state index in [9.17, 15) is 14.0 Å². The normalized spacial score (nSPS) is 14.8. The second-order valence-corrected chi connectivity index (χ2v) is 7.97. The summed E-state index contributed by atoms with van der Waals surface area (Å²) in [4.78, 5) is 13.2. The number of nitrogens with two attached hydrogens (primary N) is 1. The molecule has 2 N–H and O–H groups in total. The molecule has 0 unspecified atom stereocenters. The Morgan fingerprint density at radius 1 is 1.09 bits per heavy atom. The number of aryl methyl sites for hydroxylation is 1. The highest BCUT2D eigenvalue weighted by molar-refractivity contribution is 5.85. The molecule has 0 aliphatic carbocycles. The van der Waals surface area contributed by atoms with Crippen LogP contribution in [0.15, 0.2) is 55.0 Å². The molecule has 1 aromatic carbocycles. The van der Waals surface area contributed by atoms with Crippen molar-refractivity contribution >= 4 is 11.4 Å². The lowest BCUT2D eigenvalue weighted by atomic mass is 10.00. The summed E-state index contributed by atoms with van der Waals surface area (Å²) in [5, 5.41) is 9.37. The van der Waals surface area contributed by atoms with Crippen LogP contribution in [0.1, 0.15) is 16.8 Å². The highest BCUT2D eigenvalue weighted by Gasteiger charge is 2.21. The molecule has 2 aromatic heterocycles. The van der Waals surface area contributed by atoms with Crippen molar-refractivity contribution in [1.82, 2.24) is 14.9 Å². The fourth-order valence-corrected chi connectivity index (χ4v) is 3.95. The predicted molar refractivity (Wildman–Crippen MR) is 124 cm³/mol. The lowest BCUT2D eigenvalue weighted by Crippen LogP contribution is -2.46. The maximum absolute atomic E-state index is 14.0. The van der Waals surface area contributed by atoms with Crippen LogP contribution in [-0.4, -0.2) is 41.0 Å². The molecule has 0 atom stereocenters. The third kappa shape index (κ3) is 4.83. The van der Waals surface area contributed by atoms with Crippen LogP contribution in [0.3, 0.4) is 0 Å². The number of pyridine rings is 2. The van der Waals surface area contributed by atoms with Crippen LogP contribution in [0.2, 0.25) is 0 Å². The first-order chi connectivity index (χ1) is 16.0. The Labute approximate surface area is 191 Å². The lowest BCUT2D eigenvalue weighted by Gasteiger charge is -2.35. The van der Waals surface area contributed by atoms with Gasteiger partial charge in [0.2, 0.25) is 0 Å².